The molecule has 0 amide bonds. The lowest BCUT2D eigenvalue weighted by Crippen LogP contribution is -2.31. The van der Waals surface area contributed by atoms with Crippen molar-refractivity contribution in [2.24, 2.45) is 0 Å². The number of dihydropyridines is 1. The number of methoxy groups -OCH3 is 1. The number of nitrogens with one attached hydrogen (secondary N) is 1. The van der Waals surface area contributed by atoms with Crippen molar-refractivity contribution in [3.8, 4) is 5.75 Å². The van der Waals surface area contributed by atoms with E-state index in [9.17, 15) is 14.7 Å². The minimum Gasteiger partial charge on any atom is -0.489 e. The number of aliphatic carboxylic acids is 1. The third kappa shape index (κ3) is 4.70. The lowest BCUT2D eigenvalue weighted by atomic mass is 9.80. The van der Waals surface area contributed by atoms with Gasteiger partial charge in [-0.3, -0.25) is 0 Å². The average molecular weight is 462 g/mol. The predicted molar refractivity (Wildman–Crippen MR) is 118 cm³/mol. The van der Waals surface area contributed by atoms with E-state index in [4.69, 9.17) is 32.7 Å². The summed E-state index contributed by atoms with van der Waals surface area (Å²) in [5, 5.41) is 13.7. The highest BCUT2D eigenvalue weighted by Gasteiger charge is 2.38. The fourth-order valence-corrected chi connectivity index (χ4v) is 3.93. The molecule has 1 atom stereocenters. The van der Waals surface area contributed by atoms with Gasteiger partial charge < -0.3 is 19.9 Å². The summed E-state index contributed by atoms with van der Waals surface area (Å²) in [6.07, 6.45) is 0. The first-order valence-corrected chi connectivity index (χ1v) is 10.2. The molecule has 0 spiro atoms. The maximum atomic E-state index is 12.6. The predicted octanol–water partition coefficient (Wildman–Crippen LogP) is 5.06. The topological polar surface area (TPSA) is 84.9 Å². The normalized spacial score (nSPS) is 16.1. The van der Waals surface area contributed by atoms with E-state index in [2.05, 4.69) is 5.32 Å². The van der Waals surface area contributed by atoms with Gasteiger partial charge in [-0.05, 0) is 37.6 Å². The highest BCUT2D eigenvalue weighted by Crippen LogP contribution is 2.42. The molecule has 2 aromatic rings. The molecule has 0 bridgehead atoms. The zero-order valence-corrected chi connectivity index (χ0v) is 18.7. The molecule has 0 fully saturated rings. The van der Waals surface area contributed by atoms with Crippen molar-refractivity contribution >= 4 is 35.1 Å². The smallest absolute Gasteiger partial charge is 0.336 e. The molecule has 2 aromatic carbocycles. The van der Waals surface area contributed by atoms with Crippen molar-refractivity contribution in [3.05, 3.63) is 86.2 Å². The Morgan fingerprint density at radius 3 is 2.35 bits per heavy atom. The summed E-state index contributed by atoms with van der Waals surface area (Å²) in [5.74, 6) is -2.17. The second-order valence-corrected chi connectivity index (χ2v) is 7.82. The van der Waals surface area contributed by atoms with Gasteiger partial charge in [0.2, 0.25) is 0 Å². The Bertz CT molecular complexity index is 1110. The van der Waals surface area contributed by atoms with Crippen molar-refractivity contribution in [2.75, 3.05) is 7.11 Å². The minimum atomic E-state index is -1.14. The summed E-state index contributed by atoms with van der Waals surface area (Å²) >= 11 is 12.1. The van der Waals surface area contributed by atoms with Crippen LogP contribution in [0.2, 0.25) is 10.0 Å². The maximum absolute atomic E-state index is 12.6. The Kier molecular flexibility index (Phi) is 6.93. The molecule has 8 heteroatoms. The molecule has 0 aromatic heterocycles. The molecule has 0 saturated heterocycles. The van der Waals surface area contributed by atoms with Gasteiger partial charge in [0.05, 0.1) is 34.2 Å². The number of para-hydroxylation sites is 1. The molecule has 1 aliphatic heterocycles. The quantitative estimate of drug-likeness (QED) is 0.584. The van der Waals surface area contributed by atoms with E-state index in [0.29, 0.717) is 32.8 Å². The third-order valence-electron chi connectivity index (χ3n) is 5.00. The van der Waals surface area contributed by atoms with Crippen LogP contribution in [0.4, 0.5) is 0 Å². The third-order valence-corrected chi connectivity index (χ3v) is 5.74. The minimum absolute atomic E-state index is 0.0524. The molecule has 31 heavy (non-hydrogen) atoms. The second-order valence-electron chi connectivity index (χ2n) is 7.01. The first kappa shape index (κ1) is 22.7. The molecule has 1 heterocycles. The number of carboxylic acids is 1. The number of benzene rings is 2. The largest absolute Gasteiger partial charge is 0.489 e. The van der Waals surface area contributed by atoms with Gasteiger partial charge in [-0.15, -0.1) is 0 Å². The van der Waals surface area contributed by atoms with Gasteiger partial charge in [0.15, 0.2) is 0 Å². The fraction of sp³-hybridized carbons (Fsp3) is 0.217. The van der Waals surface area contributed by atoms with Gasteiger partial charge in [0.1, 0.15) is 12.4 Å². The van der Waals surface area contributed by atoms with Crippen LogP contribution in [0, 0.1) is 0 Å². The summed E-state index contributed by atoms with van der Waals surface area (Å²) in [7, 11) is 1.26. The number of carbonyl (C=O) groups is 2. The maximum Gasteiger partial charge on any atom is 0.336 e. The Morgan fingerprint density at radius 2 is 1.71 bits per heavy atom. The lowest BCUT2D eigenvalue weighted by Gasteiger charge is -2.30. The number of allylic oxidation sites excluding steroid dienone is 2. The van der Waals surface area contributed by atoms with Gasteiger partial charge in [0.25, 0.3) is 0 Å². The van der Waals surface area contributed by atoms with Crippen molar-refractivity contribution < 1.29 is 24.2 Å². The number of ether oxygens (including phenoxy) is 2. The van der Waals surface area contributed by atoms with Crippen LogP contribution >= 0.6 is 23.2 Å². The summed E-state index contributed by atoms with van der Waals surface area (Å²) in [5.41, 5.74) is 2.58. The Morgan fingerprint density at radius 1 is 1.03 bits per heavy atom. The van der Waals surface area contributed by atoms with Crippen molar-refractivity contribution in [2.45, 2.75) is 26.4 Å². The first-order chi connectivity index (χ1) is 14.7. The van der Waals surface area contributed by atoms with Crippen LogP contribution in [-0.2, 0) is 20.9 Å². The molecule has 2 N–H and O–H groups in total. The van der Waals surface area contributed by atoms with Gasteiger partial charge in [-0.1, -0.05) is 47.5 Å². The van der Waals surface area contributed by atoms with E-state index in [1.165, 1.54) is 7.11 Å². The second kappa shape index (κ2) is 9.45. The van der Waals surface area contributed by atoms with Crippen LogP contribution < -0.4 is 10.1 Å². The molecule has 162 valence electrons. The molecule has 0 saturated carbocycles. The van der Waals surface area contributed by atoms with Crippen LogP contribution in [0.1, 0.15) is 30.9 Å². The molecule has 1 aliphatic rings. The monoisotopic (exact) mass is 461 g/mol. The fourth-order valence-electron chi connectivity index (χ4n) is 3.61. The standard InChI is InChI=1S/C23H21Cl2NO5/c1-12-19(22(27)28)21(20(13(2)26-12)23(29)30-3)15-6-4-5-7-18(15)31-11-14-8-9-16(24)17(25)10-14/h4-10,21,26H,11H2,1-3H3,(H,27,28). The Hall–Kier alpha value is -2.96. The number of carboxylic acid groups (broad SMARTS) is 1. The molecule has 1 unspecified atom stereocenters. The zero-order valence-electron chi connectivity index (χ0n) is 17.2. The molecule has 0 aliphatic carbocycles. The first-order valence-electron chi connectivity index (χ1n) is 9.40. The summed E-state index contributed by atoms with van der Waals surface area (Å²) in [4.78, 5) is 24.7. The van der Waals surface area contributed by atoms with Gasteiger partial charge >= 0.3 is 11.9 Å². The lowest BCUT2D eigenvalue weighted by molar-refractivity contribution is -0.136. The molecule has 6 nitrogen and oxygen atoms in total. The van der Waals surface area contributed by atoms with Gasteiger partial charge in [-0.2, -0.15) is 0 Å². The van der Waals surface area contributed by atoms with Crippen molar-refractivity contribution in [1.29, 1.82) is 0 Å². The van der Waals surface area contributed by atoms with Crippen LogP contribution in [0.25, 0.3) is 0 Å². The molecule has 3 rings (SSSR count). The Labute approximate surface area is 190 Å². The number of hydrogen-bond donors (Lipinski definition) is 2. The molecular formula is C23H21Cl2NO5. The van der Waals surface area contributed by atoms with E-state index in [1.54, 1.807) is 56.3 Å². The van der Waals surface area contributed by atoms with Crippen molar-refractivity contribution in [3.63, 3.8) is 0 Å². The van der Waals surface area contributed by atoms with E-state index in [0.717, 1.165) is 5.56 Å². The Balaban J connectivity index is 2.06. The number of hydrogen-bond acceptors (Lipinski definition) is 5. The van der Waals surface area contributed by atoms with Crippen LogP contribution in [-0.4, -0.2) is 24.2 Å². The number of carbonyl (C=O) groups excluding carboxylic acids is 1. The molecular weight excluding hydrogens is 441 g/mol. The van der Waals surface area contributed by atoms with E-state index in [-0.39, 0.29) is 17.8 Å². The van der Waals surface area contributed by atoms with Crippen LogP contribution in [0.3, 0.4) is 0 Å². The van der Waals surface area contributed by atoms with Crippen LogP contribution in [0.5, 0.6) is 5.75 Å². The summed E-state index contributed by atoms with van der Waals surface area (Å²) in [6, 6.07) is 12.2. The van der Waals surface area contributed by atoms with Crippen LogP contribution in [0.15, 0.2) is 65.0 Å². The van der Waals surface area contributed by atoms with E-state index in [1.807, 2.05) is 0 Å². The van der Waals surface area contributed by atoms with Crippen molar-refractivity contribution in [1.82, 2.24) is 5.32 Å². The highest BCUT2D eigenvalue weighted by atomic mass is 35.5. The number of halogens is 2. The summed E-state index contributed by atoms with van der Waals surface area (Å²) < 4.78 is 11.0. The van der Waals surface area contributed by atoms with E-state index >= 15 is 0 Å². The van der Waals surface area contributed by atoms with E-state index < -0.39 is 17.9 Å². The number of rotatable bonds is 6. The SMILES string of the molecule is COC(=O)C1=C(C)NC(C)=C(C(=O)O)C1c1ccccc1OCc1ccc(Cl)c(Cl)c1. The summed E-state index contributed by atoms with van der Waals surface area (Å²) in [6.45, 7) is 3.55. The van der Waals surface area contributed by atoms with Gasteiger partial charge in [-0.25, -0.2) is 9.59 Å². The highest BCUT2D eigenvalue weighted by molar-refractivity contribution is 6.42. The number of esters is 1. The zero-order chi connectivity index (χ0) is 22.7. The average Bonchev–Trinajstić information content (AvgIpc) is 2.73. The molecule has 0 radical (unpaired) electrons. The van der Waals surface area contributed by atoms with Gasteiger partial charge in [0, 0.05) is 17.0 Å².